The molecule has 0 fully saturated rings. The summed E-state index contributed by atoms with van der Waals surface area (Å²) in [5.74, 6) is -0.0924. The minimum Gasteiger partial charge on any atom is -0.350 e. The zero-order valence-corrected chi connectivity index (χ0v) is 12.7. The van der Waals surface area contributed by atoms with Crippen LogP contribution >= 0.6 is 11.6 Å². The molecule has 3 nitrogen and oxygen atoms in total. The van der Waals surface area contributed by atoms with Crippen LogP contribution in [-0.4, -0.2) is 10.5 Å². The van der Waals surface area contributed by atoms with Crippen LogP contribution in [0.3, 0.4) is 0 Å². The average Bonchev–Trinajstić information content (AvgIpc) is 2.99. The molecular formula is C18H13ClN2O. The first kappa shape index (κ1) is 13.2. The molecule has 0 bridgehead atoms. The fourth-order valence-corrected chi connectivity index (χ4v) is 3.12. The molecule has 1 aromatic heterocycles. The second kappa shape index (κ2) is 4.75. The van der Waals surface area contributed by atoms with Gasteiger partial charge >= 0.3 is 0 Å². The Bertz CT molecular complexity index is 953. The fraction of sp³-hybridized carbons (Fsp3) is 0.0556. The fourth-order valence-electron chi connectivity index (χ4n) is 2.95. The molecule has 1 aliphatic rings. The molecule has 0 saturated heterocycles. The third-order valence-electron chi connectivity index (χ3n) is 3.99. The highest BCUT2D eigenvalue weighted by molar-refractivity contribution is 6.37. The van der Waals surface area contributed by atoms with E-state index in [-0.39, 0.29) is 5.91 Å². The molecule has 0 saturated carbocycles. The van der Waals surface area contributed by atoms with Crippen LogP contribution in [0.25, 0.3) is 22.6 Å². The first-order valence-electron chi connectivity index (χ1n) is 7.00. The van der Waals surface area contributed by atoms with Crippen molar-refractivity contribution in [2.75, 3.05) is 5.32 Å². The molecule has 1 amide bonds. The molecule has 0 radical (unpaired) electrons. The maximum atomic E-state index is 12.3. The number of rotatable bonds is 1. The number of aryl methyl sites for hydroxylation is 1. The van der Waals surface area contributed by atoms with E-state index in [4.69, 9.17) is 11.6 Å². The first-order valence-corrected chi connectivity index (χ1v) is 7.38. The van der Waals surface area contributed by atoms with Crippen LogP contribution in [0.1, 0.15) is 11.1 Å². The summed E-state index contributed by atoms with van der Waals surface area (Å²) in [4.78, 5) is 12.3. The number of carbonyl (C=O) groups is 1. The largest absolute Gasteiger partial charge is 0.350 e. The van der Waals surface area contributed by atoms with E-state index in [9.17, 15) is 4.79 Å². The van der Waals surface area contributed by atoms with Gasteiger partial charge in [-0.3, -0.25) is 4.79 Å². The van der Waals surface area contributed by atoms with Gasteiger partial charge in [0.15, 0.2) is 0 Å². The van der Waals surface area contributed by atoms with Crippen LogP contribution < -0.4 is 5.32 Å². The number of benzene rings is 2. The van der Waals surface area contributed by atoms with E-state index in [1.807, 2.05) is 43.6 Å². The lowest BCUT2D eigenvalue weighted by molar-refractivity contribution is -0.110. The monoisotopic (exact) mass is 308 g/mol. The predicted molar refractivity (Wildman–Crippen MR) is 90.9 cm³/mol. The Morgan fingerprint density at radius 2 is 2.00 bits per heavy atom. The van der Waals surface area contributed by atoms with E-state index in [2.05, 4.69) is 22.0 Å². The van der Waals surface area contributed by atoms with E-state index in [1.54, 1.807) is 6.07 Å². The number of halogens is 1. The second-order valence-corrected chi connectivity index (χ2v) is 5.85. The van der Waals surface area contributed by atoms with Gasteiger partial charge in [-0.2, -0.15) is 0 Å². The number of para-hydroxylation sites is 1. The molecule has 4 rings (SSSR count). The number of nitrogens with zero attached hydrogens (tertiary/aromatic N) is 1. The molecule has 0 atom stereocenters. The van der Waals surface area contributed by atoms with Crippen molar-refractivity contribution in [2.24, 2.45) is 7.05 Å². The highest BCUT2D eigenvalue weighted by Gasteiger charge is 2.24. The van der Waals surface area contributed by atoms with E-state index in [1.165, 1.54) is 0 Å². The van der Waals surface area contributed by atoms with Crippen molar-refractivity contribution < 1.29 is 4.79 Å². The molecule has 1 N–H and O–H groups in total. The summed E-state index contributed by atoms with van der Waals surface area (Å²) >= 11 is 6.07. The van der Waals surface area contributed by atoms with Gasteiger partial charge in [-0.1, -0.05) is 29.8 Å². The lowest BCUT2D eigenvalue weighted by Gasteiger charge is -1.99. The number of aromatic nitrogens is 1. The highest BCUT2D eigenvalue weighted by Crippen LogP contribution is 2.36. The lowest BCUT2D eigenvalue weighted by Crippen LogP contribution is -2.03. The van der Waals surface area contributed by atoms with Gasteiger partial charge in [0, 0.05) is 51.6 Å². The summed E-state index contributed by atoms with van der Waals surface area (Å²) in [5.41, 5.74) is 4.47. The van der Waals surface area contributed by atoms with Gasteiger partial charge < -0.3 is 9.88 Å². The number of nitrogens with one attached hydrogen (secondary N) is 1. The first-order chi connectivity index (χ1) is 10.6. The van der Waals surface area contributed by atoms with Crippen molar-refractivity contribution in [1.29, 1.82) is 0 Å². The van der Waals surface area contributed by atoms with E-state index in [0.29, 0.717) is 10.6 Å². The summed E-state index contributed by atoms with van der Waals surface area (Å²) in [6.45, 7) is 0. The Labute approximate surface area is 132 Å². The molecule has 3 aromatic rings. The molecule has 0 aliphatic carbocycles. The van der Waals surface area contributed by atoms with Crippen molar-refractivity contribution in [2.45, 2.75) is 0 Å². The average molecular weight is 309 g/mol. The van der Waals surface area contributed by atoms with Gasteiger partial charge in [0.05, 0.1) is 0 Å². The van der Waals surface area contributed by atoms with Gasteiger partial charge in [-0.25, -0.2) is 0 Å². The maximum Gasteiger partial charge on any atom is 0.256 e. The zero-order valence-electron chi connectivity index (χ0n) is 11.9. The zero-order chi connectivity index (χ0) is 15.3. The summed E-state index contributed by atoms with van der Waals surface area (Å²) in [6, 6.07) is 13.6. The van der Waals surface area contributed by atoms with E-state index >= 15 is 0 Å². The second-order valence-electron chi connectivity index (χ2n) is 5.41. The molecule has 2 heterocycles. The van der Waals surface area contributed by atoms with Crippen LogP contribution in [0.2, 0.25) is 5.02 Å². The maximum absolute atomic E-state index is 12.3. The third-order valence-corrected chi connectivity index (χ3v) is 4.23. The molecule has 0 spiro atoms. The highest BCUT2D eigenvalue weighted by atomic mass is 35.5. The summed E-state index contributed by atoms with van der Waals surface area (Å²) in [6.07, 6.45) is 3.97. The van der Waals surface area contributed by atoms with Gasteiger partial charge in [0.25, 0.3) is 5.91 Å². The lowest BCUT2D eigenvalue weighted by atomic mass is 10.0. The number of carbonyl (C=O) groups excluding carboxylic acids is 1. The number of fused-ring (bicyclic) bond motifs is 2. The van der Waals surface area contributed by atoms with Crippen LogP contribution in [0, 0.1) is 0 Å². The topological polar surface area (TPSA) is 34.0 Å². The summed E-state index contributed by atoms with van der Waals surface area (Å²) in [5, 5.41) is 4.63. The molecule has 2 aromatic carbocycles. The molecule has 1 aliphatic heterocycles. The van der Waals surface area contributed by atoms with Gasteiger partial charge in [0.2, 0.25) is 0 Å². The Kier molecular flexibility index (Phi) is 2.84. The summed E-state index contributed by atoms with van der Waals surface area (Å²) < 4.78 is 2.06. The minimum atomic E-state index is -0.0924. The number of anilines is 1. The van der Waals surface area contributed by atoms with Crippen molar-refractivity contribution in [3.63, 3.8) is 0 Å². The van der Waals surface area contributed by atoms with Crippen molar-refractivity contribution in [1.82, 2.24) is 4.57 Å². The molecule has 0 unspecified atom stereocenters. The number of amides is 1. The third kappa shape index (κ3) is 1.94. The SMILES string of the molecule is Cn1cc(/C=C2/C(=O)Nc3ccc(Cl)cc32)c2ccccc21. The quantitative estimate of drug-likeness (QED) is 0.667. The summed E-state index contributed by atoms with van der Waals surface area (Å²) in [7, 11) is 2.00. The van der Waals surface area contributed by atoms with Crippen LogP contribution in [-0.2, 0) is 11.8 Å². The van der Waals surface area contributed by atoms with Gasteiger partial charge in [-0.05, 0) is 30.3 Å². The number of hydrogen-bond acceptors (Lipinski definition) is 1. The van der Waals surface area contributed by atoms with Crippen LogP contribution in [0.5, 0.6) is 0 Å². The smallest absolute Gasteiger partial charge is 0.256 e. The van der Waals surface area contributed by atoms with Gasteiger partial charge in [0.1, 0.15) is 0 Å². The Balaban J connectivity index is 1.93. The van der Waals surface area contributed by atoms with E-state index in [0.717, 1.165) is 27.7 Å². The Morgan fingerprint density at radius 1 is 1.18 bits per heavy atom. The standard InChI is InChI=1S/C18H13ClN2O/c1-21-10-11(13-4-2-3-5-17(13)21)8-15-14-9-12(19)6-7-16(14)20-18(15)22/h2-10H,1H3,(H,20,22)/b15-8+. The molecule has 4 heteroatoms. The van der Waals surface area contributed by atoms with Crippen molar-refractivity contribution >= 4 is 45.7 Å². The Hall–Kier alpha value is -2.52. The van der Waals surface area contributed by atoms with Crippen LogP contribution in [0.4, 0.5) is 5.69 Å². The van der Waals surface area contributed by atoms with Gasteiger partial charge in [-0.15, -0.1) is 0 Å². The molecule has 22 heavy (non-hydrogen) atoms. The normalized spacial score (nSPS) is 15.4. The number of hydrogen-bond donors (Lipinski definition) is 1. The predicted octanol–water partition coefficient (Wildman–Crippen LogP) is 4.32. The molecule has 108 valence electrons. The van der Waals surface area contributed by atoms with E-state index < -0.39 is 0 Å². The molecular weight excluding hydrogens is 296 g/mol. The van der Waals surface area contributed by atoms with Crippen LogP contribution in [0.15, 0.2) is 48.7 Å². The Morgan fingerprint density at radius 3 is 2.86 bits per heavy atom. The van der Waals surface area contributed by atoms with Crippen molar-refractivity contribution in [3.8, 4) is 0 Å². The minimum absolute atomic E-state index is 0.0924. The van der Waals surface area contributed by atoms with Crippen molar-refractivity contribution in [3.05, 3.63) is 64.8 Å².